The van der Waals surface area contributed by atoms with Crippen molar-refractivity contribution >= 4 is 11.8 Å². The predicted molar refractivity (Wildman–Crippen MR) is 108 cm³/mol. The van der Waals surface area contributed by atoms with Crippen LogP contribution < -0.4 is 10.6 Å². The fourth-order valence-electron chi connectivity index (χ4n) is 3.72. The maximum atomic E-state index is 13.1. The van der Waals surface area contributed by atoms with Crippen molar-refractivity contribution in [1.29, 1.82) is 0 Å². The molecule has 0 bridgehead atoms. The second kappa shape index (κ2) is 8.87. The van der Waals surface area contributed by atoms with Crippen LogP contribution in [0.2, 0.25) is 0 Å². The Morgan fingerprint density at radius 2 is 1.78 bits per heavy atom. The maximum absolute atomic E-state index is 13.1. The first-order valence-electron chi connectivity index (χ1n) is 10.3. The first kappa shape index (κ1) is 19.9. The topological polar surface area (TPSA) is 61.4 Å². The van der Waals surface area contributed by atoms with Gasteiger partial charge in [0, 0.05) is 24.7 Å². The Morgan fingerprint density at radius 1 is 1.11 bits per heavy atom. The Morgan fingerprint density at radius 3 is 2.37 bits per heavy atom. The molecule has 5 nitrogen and oxygen atoms in total. The normalized spacial score (nSPS) is 19.2. The number of hydrogen-bond donors (Lipinski definition) is 2. The number of amides is 2. The van der Waals surface area contributed by atoms with Gasteiger partial charge in [0.05, 0.1) is 0 Å². The number of likely N-dealkylation sites (tertiary alicyclic amines) is 1. The van der Waals surface area contributed by atoms with Crippen LogP contribution in [0, 0.1) is 18.8 Å². The maximum Gasteiger partial charge on any atom is 0.252 e. The van der Waals surface area contributed by atoms with Gasteiger partial charge in [0.2, 0.25) is 5.91 Å². The molecular formula is C22H33N3O2. The summed E-state index contributed by atoms with van der Waals surface area (Å²) in [5.41, 5.74) is 1.56. The quantitative estimate of drug-likeness (QED) is 0.775. The molecular weight excluding hydrogens is 338 g/mol. The van der Waals surface area contributed by atoms with Crippen LogP contribution >= 0.6 is 0 Å². The summed E-state index contributed by atoms with van der Waals surface area (Å²) in [5, 5.41) is 6.63. The lowest BCUT2D eigenvalue weighted by Gasteiger charge is -2.35. The number of hydrogen-bond acceptors (Lipinski definition) is 3. The van der Waals surface area contributed by atoms with E-state index in [0.29, 0.717) is 11.6 Å². The van der Waals surface area contributed by atoms with Gasteiger partial charge in [-0.05, 0) is 62.6 Å². The Labute approximate surface area is 162 Å². The number of nitrogens with one attached hydrogen (secondary N) is 2. The van der Waals surface area contributed by atoms with E-state index in [1.165, 1.54) is 12.8 Å². The van der Waals surface area contributed by atoms with E-state index in [1.54, 1.807) is 0 Å². The third-order valence-corrected chi connectivity index (χ3v) is 5.81. The van der Waals surface area contributed by atoms with E-state index in [0.717, 1.165) is 44.0 Å². The van der Waals surface area contributed by atoms with Gasteiger partial charge in [0.25, 0.3) is 5.91 Å². The molecule has 2 amide bonds. The Hall–Kier alpha value is -1.88. The lowest BCUT2D eigenvalue weighted by Crippen LogP contribution is -2.54. The van der Waals surface area contributed by atoms with Gasteiger partial charge >= 0.3 is 0 Å². The van der Waals surface area contributed by atoms with Gasteiger partial charge in [0.15, 0.2) is 0 Å². The van der Waals surface area contributed by atoms with Gasteiger partial charge in [-0.1, -0.05) is 32.0 Å². The number of rotatable bonds is 7. The molecule has 27 heavy (non-hydrogen) atoms. The molecule has 1 aromatic carbocycles. The van der Waals surface area contributed by atoms with Crippen LogP contribution in [0.3, 0.4) is 0 Å². The fourth-order valence-corrected chi connectivity index (χ4v) is 3.72. The minimum Gasteiger partial charge on any atom is -0.341 e. The molecule has 1 heterocycles. The molecule has 0 aromatic heterocycles. The van der Waals surface area contributed by atoms with E-state index >= 15 is 0 Å². The summed E-state index contributed by atoms with van der Waals surface area (Å²) in [6.07, 6.45) is 4.71. The van der Waals surface area contributed by atoms with Crippen LogP contribution in [0.15, 0.2) is 24.3 Å². The minimum absolute atomic E-state index is 0.0487. The summed E-state index contributed by atoms with van der Waals surface area (Å²) in [6, 6.07) is 7.54. The monoisotopic (exact) mass is 371 g/mol. The molecule has 1 saturated heterocycles. The van der Waals surface area contributed by atoms with Crippen molar-refractivity contribution in [3.63, 3.8) is 0 Å². The molecule has 2 N–H and O–H groups in total. The average Bonchev–Trinajstić information content (AvgIpc) is 3.49. The fraction of sp³-hybridized carbons (Fsp3) is 0.636. The second-order valence-electron chi connectivity index (χ2n) is 8.46. The average molecular weight is 372 g/mol. The van der Waals surface area contributed by atoms with Crippen molar-refractivity contribution < 1.29 is 9.59 Å². The first-order valence-corrected chi connectivity index (χ1v) is 10.3. The van der Waals surface area contributed by atoms with Crippen LogP contribution in [0.25, 0.3) is 0 Å². The zero-order valence-corrected chi connectivity index (χ0v) is 16.8. The van der Waals surface area contributed by atoms with Crippen LogP contribution in [0.4, 0.5) is 0 Å². The smallest absolute Gasteiger partial charge is 0.252 e. The molecule has 1 aliphatic heterocycles. The minimum atomic E-state index is -0.479. The zero-order valence-electron chi connectivity index (χ0n) is 16.8. The molecule has 1 aliphatic carbocycles. The number of carbonyl (C=O) groups excluding carboxylic acids is 2. The summed E-state index contributed by atoms with van der Waals surface area (Å²) < 4.78 is 0. The van der Waals surface area contributed by atoms with Gasteiger partial charge in [-0.3, -0.25) is 9.59 Å². The van der Waals surface area contributed by atoms with E-state index in [9.17, 15) is 9.59 Å². The lowest BCUT2D eigenvalue weighted by molar-refractivity contribution is -0.135. The van der Waals surface area contributed by atoms with Gasteiger partial charge in [-0.15, -0.1) is 0 Å². The van der Waals surface area contributed by atoms with Gasteiger partial charge < -0.3 is 15.5 Å². The Balaban J connectivity index is 1.55. The van der Waals surface area contributed by atoms with Crippen molar-refractivity contribution in [2.24, 2.45) is 11.8 Å². The predicted octanol–water partition coefficient (Wildman–Crippen LogP) is 2.74. The third kappa shape index (κ3) is 5.32. The number of carbonyl (C=O) groups is 2. The molecule has 1 saturated carbocycles. The van der Waals surface area contributed by atoms with Crippen LogP contribution in [0.5, 0.6) is 0 Å². The molecule has 5 heteroatoms. The second-order valence-corrected chi connectivity index (χ2v) is 8.46. The van der Waals surface area contributed by atoms with Crippen molar-refractivity contribution in [1.82, 2.24) is 15.5 Å². The molecule has 2 fully saturated rings. The summed E-state index contributed by atoms with van der Waals surface area (Å²) in [4.78, 5) is 27.7. The van der Waals surface area contributed by atoms with E-state index < -0.39 is 6.04 Å². The number of aryl methyl sites for hydroxylation is 1. The number of benzene rings is 1. The Kier molecular flexibility index (Phi) is 6.53. The van der Waals surface area contributed by atoms with E-state index in [1.807, 2.05) is 49.9 Å². The van der Waals surface area contributed by atoms with E-state index in [2.05, 4.69) is 10.6 Å². The van der Waals surface area contributed by atoms with E-state index in [-0.39, 0.29) is 17.7 Å². The standard InChI is InChI=1S/C22H33N3O2/c1-15(2)20(24-21(26)19-7-5-4-6-16(19)3)22(27)25-12-10-18(11-13-25)23-14-17-8-9-17/h4-7,15,17-18,20,23H,8-14H2,1-3H3,(H,24,26). The van der Waals surface area contributed by atoms with Gasteiger partial charge in [0.1, 0.15) is 6.04 Å². The van der Waals surface area contributed by atoms with Crippen molar-refractivity contribution in [3.8, 4) is 0 Å². The molecule has 2 aliphatic rings. The molecule has 148 valence electrons. The molecule has 1 unspecified atom stereocenters. The van der Waals surface area contributed by atoms with Crippen LogP contribution in [0.1, 0.15) is 55.5 Å². The molecule has 1 aromatic rings. The highest BCUT2D eigenvalue weighted by atomic mass is 16.2. The zero-order chi connectivity index (χ0) is 19.4. The van der Waals surface area contributed by atoms with Crippen molar-refractivity contribution in [2.75, 3.05) is 19.6 Å². The highest BCUT2D eigenvalue weighted by Crippen LogP contribution is 2.28. The van der Waals surface area contributed by atoms with Gasteiger partial charge in [-0.25, -0.2) is 0 Å². The van der Waals surface area contributed by atoms with Crippen LogP contribution in [-0.4, -0.2) is 48.4 Å². The van der Waals surface area contributed by atoms with Crippen molar-refractivity contribution in [3.05, 3.63) is 35.4 Å². The molecule has 0 radical (unpaired) electrons. The highest BCUT2D eigenvalue weighted by Gasteiger charge is 2.32. The third-order valence-electron chi connectivity index (χ3n) is 5.81. The molecule has 1 atom stereocenters. The van der Waals surface area contributed by atoms with E-state index in [4.69, 9.17) is 0 Å². The summed E-state index contributed by atoms with van der Waals surface area (Å²) in [6.45, 7) is 8.56. The number of piperidine rings is 1. The van der Waals surface area contributed by atoms with Crippen molar-refractivity contribution in [2.45, 2.75) is 58.5 Å². The SMILES string of the molecule is Cc1ccccc1C(=O)NC(C(=O)N1CCC(NCC2CC2)CC1)C(C)C. The molecule has 0 spiro atoms. The number of nitrogens with zero attached hydrogens (tertiary/aromatic N) is 1. The van der Waals surface area contributed by atoms with Gasteiger partial charge in [-0.2, -0.15) is 0 Å². The van der Waals surface area contributed by atoms with Crippen LogP contribution in [-0.2, 0) is 4.79 Å². The summed E-state index contributed by atoms with van der Waals surface area (Å²) in [5.74, 6) is 0.816. The summed E-state index contributed by atoms with van der Waals surface area (Å²) in [7, 11) is 0. The largest absolute Gasteiger partial charge is 0.341 e. The highest BCUT2D eigenvalue weighted by molar-refractivity contribution is 5.98. The summed E-state index contributed by atoms with van der Waals surface area (Å²) >= 11 is 0. The molecule has 3 rings (SSSR count). The Bertz CT molecular complexity index is 661. The first-order chi connectivity index (χ1) is 13.0. The lowest BCUT2D eigenvalue weighted by atomic mass is 9.98.